The predicted molar refractivity (Wildman–Crippen MR) is 77.6 cm³/mol. The smallest absolute Gasteiger partial charge is 0.129 e. The molecule has 104 valence electrons. The number of nitrogen functional groups attached to an aromatic ring is 1. The molecule has 2 rings (SSSR count). The predicted octanol–water partition coefficient (Wildman–Crippen LogP) is 2.07. The highest BCUT2D eigenvalue weighted by atomic mass is 16.5. The summed E-state index contributed by atoms with van der Waals surface area (Å²) in [6.45, 7) is 7.81. The molecule has 0 spiro atoms. The molecule has 4 nitrogen and oxygen atoms in total. The van der Waals surface area contributed by atoms with Gasteiger partial charge in [-0.2, -0.15) is 0 Å². The molecule has 19 heavy (non-hydrogen) atoms. The molecule has 0 radical (unpaired) electrons. The zero-order chi connectivity index (χ0) is 14.0. The Bertz CT molecular complexity index is 462. The lowest BCUT2D eigenvalue weighted by atomic mass is 10.0. The number of hydrogen-bond donors (Lipinski definition) is 2. The van der Waals surface area contributed by atoms with Gasteiger partial charge in [-0.15, -0.1) is 0 Å². The summed E-state index contributed by atoms with van der Waals surface area (Å²) in [4.78, 5) is 2.46. The number of nitrogens with two attached hydrogens (primary N) is 1. The summed E-state index contributed by atoms with van der Waals surface area (Å²) in [6, 6.07) is 5.92. The van der Waals surface area contributed by atoms with Gasteiger partial charge in [-0.1, -0.05) is 19.9 Å². The van der Waals surface area contributed by atoms with Crippen LogP contribution in [0.15, 0.2) is 18.2 Å². The minimum Gasteiger partial charge on any atom is -0.496 e. The average Bonchev–Trinajstić information content (AvgIpc) is 2.68. The minimum atomic E-state index is 0.0573. The van der Waals surface area contributed by atoms with E-state index in [2.05, 4.69) is 24.8 Å². The quantitative estimate of drug-likeness (QED) is 0.644. The van der Waals surface area contributed by atoms with Gasteiger partial charge in [-0.3, -0.25) is 10.3 Å². The van der Waals surface area contributed by atoms with E-state index in [0.29, 0.717) is 11.3 Å². The molecule has 1 aromatic rings. The van der Waals surface area contributed by atoms with E-state index in [4.69, 9.17) is 15.9 Å². The molecular formula is C15H23N3O. The summed E-state index contributed by atoms with van der Waals surface area (Å²) in [5.41, 5.74) is 7.47. The number of nitrogens with zero attached hydrogens (tertiary/aromatic N) is 1. The number of hydrogen-bond acceptors (Lipinski definition) is 3. The van der Waals surface area contributed by atoms with Crippen molar-refractivity contribution in [1.82, 2.24) is 4.90 Å². The number of likely N-dealkylation sites (tertiary alicyclic amines) is 1. The van der Waals surface area contributed by atoms with E-state index in [1.165, 1.54) is 5.56 Å². The third kappa shape index (κ3) is 3.07. The Labute approximate surface area is 115 Å². The van der Waals surface area contributed by atoms with Crippen molar-refractivity contribution in [3.05, 3.63) is 29.3 Å². The van der Waals surface area contributed by atoms with Crippen molar-refractivity contribution in [3.63, 3.8) is 0 Å². The maximum Gasteiger partial charge on any atom is 0.129 e. The topological polar surface area (TPSA) is 62.3 Å². The molecule has 4 heteroatoms. The number of rotatable bonds is 4. The average molecular weight is 261 g/mol. The van der Waals surface area contributed by atoms with Crippen molar-refractivity contribution in [2.75, 3.05) is 20.2 Å². The zero-order valence-corrected chi connectivity index (χ0v) is 11.9. The summed E-state index contributed by atoms with van der Waals surface area (Å²) < 4.78 is 5.23. The van der Waals surface area contributed by atoms with Crippen LogP contribution in [0.4, 0.5) is 0 Å². The molecule has 0 amide bonds. The highest BCUT2D eigenvalue weighted by molar-refractivity contribution is 5.97. The van der Waals surface area contributed by atoms with Crippen molar-refractivity contribution in [1.29, 1.82) is 5.41 Å². The molecule has 1 saturated heterocycles. The molecule has 1 heterocycles. The lowest BCUT2D eigenvalue weighted by molar-refractivity contribution is 0.316. The number of methoxy groups -OCH3 is 1. The van der Waals surface area contributed by atoms with Crippen LogP contribution in [0.25, 0.3) is 0 Å². The second-order valence-corrected chi connectivity index (χ2v) is 5.60. The molecule has 2 unspecified atom stereocenters. The minimum absolute atomic E-state index is 0.0573. The van der Waals surface area contributed by atoms with Gasteiger partial charge in [0.15, 0.2) is 0 Å². The van der Waals surface area contributed by atoms with Gasteiger partial charge in [0, 0.05) is 19.6 Å². The van der Waals surface area contributed by atoms with E-state index in [1.54, 1.807) is 7.11 Å². The van der Waals surface area contributed by atoms with Crippen LogP contribution in [0.3, 0.4) is 0 Å². The van der Waals surface area contributed by atoms with Gasteiger partial charge in [0.25, 0.3) is 0 Å². The molecule has 1 aliphatic rings. The summed E-state index contributed by atoms with van der Waals surface area (Å²) in [6.07, 6.45) is 0. The monoisotopic (exact) mass is 261 g/mol. The fraction of sp³-hybridized carbons (Fsp3) is 0.533. The van der Waals surface area contributed by atoms with E-state index in [1.807, 2.05) is 12.1 Å². The van der Waals surface area contributed by atoms with Crippen molar-refractivity contribution in [2.45, 2.75) is 20.4 Å². The molecular weight excluding hydrogens is 238 g/mol. The van der Waals surface area contributed by atoms with Crippen molar-refractivity contribution in [2.24, 2.45) is 17.6 Å². The van der Waals surface area contributed by atoms with Gasteiger partial charge in [0.1, 0.15) is 11.6 Å². The van der Waals surface area contributed by atoms with E-state index >= 15 is 0 Å². The fourth-order valence-electron chi connectivity index (χ4n) is 2.70. The highest BCUT2D eigenvalue weighted by Crippen LogP contribution is 2.25. The Hall–Kier alpha value is -1.55. The molecule has 1 aromatic carbocycles. The molecule has 0 aromatic heterocycles. The van der Waals surface area contributed by atoms with E-state index < -0.39 is 0 Å². The van der Waals surface area contributed by atoms with Crippen LogP contribution in [0, 0.1) is 17.2 Å². The van der Waals surface area contributed by atoms with Gasteiger partial charge in [0.2, 0.25) is 0 Å². The van der Waals surface area contributed by atoms with Gasteiger partial charge in [-0.25, -0.2) is 0 Å². The molecule has 0 saturated carbocycles. The number of benzene rings is 1. The van der Waals surface area contributed by atoms with Crippen LogP contribution in [0.2, 0.25) is 0 Å². The maximum atomic E-state index is 7.61. The largest absolute Gasteiger partial charge is 0.496 e. The fourth-order valence-corrected chi connectivity index (χ4v) is 2.70. The summed E-state index contributed by atoms with van der Waals surface area (Å²) >= 11 is 0. The van der Waals surface area contributed by atoms with Crippen molar-refractivity contribution in [3.8, 4) is 5.75 Å². The number of ether oxygens (including phenoxy) is 1. The first kappa shape index (κ1) is 13.9. The lowest BCUT2D eigenvalue weighted by Gasteiger charge is -2.17. The lowest BCUT2D eigenvalue weighted by Crippen LogP contribution is -2.21. The SMILES string of the molecule is COc1ccc(CN2CC(C)C(C)C2)cc1C(=N)N. The van der Waals surface area contributed by atoms with Crippen LogP contribution in [0.5, 0.6) is 5.75 Å². The van der Waals surface area contributed by atoms with Crippen LogP contribution in [-0.4, -0.2) is 30.9 Å². The maximum absolute atomic E-state index is 7.61. The first-order chi connectivity index (χ1) is 9.01. The van der Waals surface area contributed by atoms with Gasteiger partial charge in [0.05, 0.1) is 12.7 Å². The highest BCUT2D eigenvalue weighted by Gasteiger charge is 2.25. The summed E-state index contributed by atoms with van der Waals surface area (Å²) in [5.74, 6) is 2.23. The van der Waals surface area contributed by atoms with E-state index in [-0.39, 0.29) is 5.84 Å². The standard InChI is InChI=1S/C15H23N3O/c1-10-7-18(8-11(10)2)9-12-4-5-14(19-3)13(6-12)15(16)17/h4-6,10-11H,7-9H2,1-3H3,(H3,16,17). The van der Waals surface area contributed by atoms with Crippen LogP contribution in [0.1, 0.15) is 25.0 Å². The summed E-state index contributed by atoms with van der Waals surface area (Å²) in [7, 11) is 1.60. The Balaban J connectivity index is 2.13. The van der Waals surface area contributed by atoms with Crippen LogP contribution < -0.4 is 10.5 Å². The molecule has 0 aliphatic carbocycles. The molecule has 1 fully saturated rings. The van der Waals surface area contributed by atoms with Gasteiger partial charge >= 0.3 is 0 Å². The Morgan fingerprint density at radius 3 is 2.53 bits per heavy atom. The molecule has 2 atom stereocenters. The van der Waals surface area contributed by atoms with E-state index in [0.717, 1.165) is 31.5 Å². The van der Waals surface area contributed by atoms with Gasteiger partial charge in [-0.05, 0) is 29.5 Å². The number of amidine groups is 1. The Morgan fingerprint density at radius 2 is 2.00 bits per heavy atom. The van der Waals surface area contributed by atoms with Crippen molar-refractivity contribution >= 4 is 5.84 Å². The molecule has 1 aliphatic heterocycles. The van der Waals surface area contributed by atoms with Crippen molar-refractivity contribution < 1.29 is 4.74 Å². The van der Waals surface area contributed by atoms with Crippen LogP contribution >= 0.6 is 0 Å². The van der Waals surface area contributed by atoms with Gasteiger partial charge < -0.3 is 10.5 Å². The molecule has 0 bridgehead atoms. The third-order valence-corrected chi connectivity index (χ3v) is 4.02. The Kier molecular flexibility index (Phi) is 4.10. The van der Waals surface area contributed by atoms with Crippen LogP contribution in [-0.2, 0) is 6.54 Å². The first-order valence-electron chi connectivity index (χ1n) is 6.75. The first-order valence-corrected chi connectivity index (χ1v) is 6.75. The zero-order valence-electron chi connectivity index (χ0n) is 11.9. The third-order valence-electron chi connectivity index (χ3n) is 4.02. The Morgan fingerprint density at radius 1 is 1.37 bits per heavy atom. The van der Waals surface area contributed by atoms with E-state index in [9.17, 15) is 0 Å². The number of nitrogens with one attached hydrogen (secondary N) is 1. The normalized spacial score (nSPS) is 23.5. The second kappa shape index (κ2) is 5.61. The second-order valence-electron chi connectivity index (χ2n) is 5.60. The summed E-state index contributed by atoms with van der Waals surface area (Å²) in [5, 5.41) is 7.61. The molecule has 3 N–H and O–H groups in total.